The lowest BCUT2D eigenvalue weighted by Gasteiger charge is -2.24. The second-order valence-electron chi connectivity index (χ2n) is 5.76. The molecule has 1 saturated carbocycles. The normalized spacial score (nSPS) is 18.1. The second-order valence-corrected chi connectivity index (χ2v) is 5.76. The quantitative estimate of drug-likeness (QED) is 0.877. The Kier molecular flexibility index (Phi) is 6.50. The van der Waals surface area contributed by atoms with Gasteiger partial charge in [0.2, 0.25) is 5.91 Å². The summed E-state index contributed by atoms with van der Waals surface area (Å²) in [5.74, 6) is 0.706. The Morgan fingerprint density at radius 3 is 2.50 bits per heavy atom. The summed E-state index contributed by atoms with van der Waals surface area (Å²) in [6.07, 6.45) is 6.40. The molecule has 112 valence electrons. The van der Waals surface area contributed by atoms with Crippen LogP contribution >= 0.6 is 12.4 Å². The van der Waals surface area contributed by atoms with Crippen molar-refractivity contribution in [2.75, 3.05) is 6.54 Å². The molecule has 1 unspecified atom stereocenters. The van der Waals surface area contributed by atoms with Gasteiger partial charge in [-0.3, -0.25) is 4.79 Å². The Morgan fingerprint density at radius 2 is 1.90 bits per heavy atom. The molecule has 3 nitrogen and oxygen atoms in total. The third kappa shape index (κ3) is 4.22. The maximum absolute atomic E-state index is 12.2. The van der Waals surface area contributed by atoms with Crippen LogP contribution in [0.1, 0.15) is 44.6 Å². The molecule has 0 aliphatic heterocycles. The van der Waals surface area contributed by atoms with Gasteiger partial charge >= 0.3 is 0 Å². The number of halogens is 1. The fourth-order valence-electron chi connectivity index (χ4n) is 2.79. The van der Waals surface area contributed by atoms with Gasteiger partial charge in [0.05, 0.1) is 0 Å². The van der Waals surface area contributed by atoms with E-state index in [4.69, 9.17) is 5.73 Å². The number of hydrogen-bond donors (Lipinski definition) is 2. The third-order valence-electron chi connectivity index (χ3n) is 4.16. The van der Waals surface area contributed by atoms with Crippen molar-refractivity contribution in [2.45, 2.75) is 44.6 Å². The molecule has 1 aliphatic carbocycles. The SMILES string of the molecule is CC(N)(C(=O)NCCC1CCCC1)c1ccccc1.Cl. The Labute approximate surface area is 127 Å². The van der Waals surface area contributed by atoms with Crippen molar-refractivity contribution in [1.29, 1.82) is 0 Å². The highest BCUT2D eigenvalue weighted by Gasteiger charge is 2.30. The van der Waals surface area contributed by atoms with Crippen molar-refractivity contribution in [1.82, 2.24) is 5.32 Å². The molecule has 1 amide bonds. The molecule has 0 bridgehead atoms. The van der Waals surface area contributed by atoms with Gasteiger partial charge in [-0.15, -0.1) is 12.4 Å². The zero-order valence-corrected chi connectivity index (χ0v) is 12.9. The van der Waals surface area contributed by atoms with Gasteiger partial charge in [-0.2, -0.15) is 0 Å². The maximum atomic E-state index is 12.2. The molecule has 0 radical (unpaired) electrons. The Morgan fingerprint density at radius 1 is 1.30 bits per heavy atom. The summed E-state index contributed by atoms with van der Waals surface area (Å²) in [5.41, 5.74) is 6.07. The van der Waals surface area contributed by atoms with Crippen LogP contribution in [-0.4, -0.2) is 12.5 Å². The van der Waals surface area contributed by atoms with Crippen LogP contribution in [0, 0.1) is 5.92 Å². The summed E-state index contributed by atoms with van der Waals surface area (Å²) in [6, 6.07) is 9.54. The van der Waals surface area contributed by atoms with E-state index in [1.165, 1.54) is 25.7 Å². The lowest BCUT2D eigenvalue weighted by Crippen LogP contribution is -2.49. The van der Waals surface area contributed by atoms with Crippen LogP contribution in [0.4, 0.5) is 0 Å². The molecule has 20 heavy (non-hydrogen) atoms. The molecule has 0 heterocycles. The van der Waals surface area contributed by atoms with Crippen molar-refractivity contribution in [3.8, 4) is 0 Å². The molecule has 0 saturated heterocycles. The molecule has 1 aromatic carbocycles. The van der Waals surface area contributed by atoms with Gasteiger partial charge in [-0.1, -0.05) is 56.0 Å². The number of amides is 1. The molecule has 4 heteroatoms. The smallest absolute Gasteiger partial charge is 0.244 e. The Bertz CT molecular complexity index is 414. The average Bonchev–Trinajstić information content (AvgIpc) is 2.93. The predicted octanol–water partition coefficient (Wildman–Crippen LogP) is 2.98. The summed E-state index contributed by atoms with van der Waals surface area (Å²) in [5, 5.41) is 2.98. The van der Waals surface area contributed by atoms with Gasteiger partial charge in [0.15, 0.2) is 0 Å². The number of carbonyl (C=O) groups is 1. The maximum Gasteiger partial charge on any atom is 0.244 e. The molecular formula is C16H25ClN2O. The minimum atomic E-state index is -0.947. The molecule has 1 fully saturated rings. The van der Waals surface area contributed by atoms with Crippen molar-refractivity contribution in [2.24, 2.45) is 11.7 Å². The van der Waals surface area contributed by atoms with Gasteiger partial charge < -0.3 is 11.1 Å². The Balaban J connectivity index is 0.00000200. The van der Waals surface area contributed by atoms with Crippen molar-refractivity contribution in [3.63, 3.8) is 0 Å². The van der Waals surface area contributed by atoms with Crippen molar-refractivity contribution < 1.29 is 4.79 Å². The monoisotopic (exact) mass is 296 g/mol. The minimum Gasteiger partial charge on any atom is -0.354 e. The molecule has 3 N–H and O–H groups in total. The van der Waals surface area contributed by atoms with Crippen LogP contribution in [0.5, 0.6) is 0 Å². The number of benzene rings is 1. The van der Waals surface area contributed by atoms with E-state index < -0.39 is 5.54 Å². The standard InChI is InChI=1S/C16H24N2O.ClH/c1-16(17,14-9-3-2-4-10-14)15(19)18-12-11-13-7-5-6-8-13;/h2-4,9-10,13H,5-8,11-12,17H2,1H3,(H,18,19);1H. The number of nitrogens with one attached hydrogen (secondary N) is 1. The van der Waals surface area contributed by atoms with Crippen LogP contribution in [0.25, 0.3) is 0 Å². The van der Waals surface area contributed by atoms with Gasteiger partial charge in [-0.25, -0.2) is 0 Å². The largest absolute Gasteiger partial charge is 0.354 e. The van der Waals surface area contributed by atoms with Gasteiger partial charge in [0, 0.05) is 6.54 Å². The molecule has 1 atom stereocenters. The lowest BCUT2D eigenvalue weighted by atomic mass is 9.92. The van der Waals surface area contributed by atoms with Crippen LogP contribution in [-0.2, 0) is 10.3 Å². The summed E-state index contributed by atoms with van der Waals surface area (Å²) in [6.45, 7) is 2.51. The lowest BCUT2D eigenvalue weighted by molar-refractivity contribution is -0.126. The predicted molar refractivity (Wildman–Crippen MR) is 84.8 cm³/mol. The minimum absolute atomic E-state index is 0. The van der Waals surface area contributed by atoms with E-state index in [0.717, 1.165) is 24.4 Å². The first-order valence-electron chi connectivity index (χ1n) is 7.23. The molecular weight excluding hydrogens is 272 g/mol. The van der Waals surface area contributed by atoms with E-state index in [2.05, 4.69) is 5.32 Å². The highest BCUT2D eigenvalue weighted by molar-refractivity contribution is 5.86. The van der Waals surface area contributed by atoms with E-state index in [9.17, 15) is 4.79 Å². The highest BCUT2D eigenvalue weighted by Crippen LogP contribution is 2.27. The zero-order valence-electron chi connectivity index (χ0n) is 12.1. The average molecular weight is 297 g/mol. The first-order chi connectivity index (χ1) is 9.10. The molecule has 1 aromatic rings. The van der Waals surface area contributed by atoms with E-state index in [0.29, 0.717) is 0 Å². The molecule has 0 aromatic heterocycles. The van der Waals surface area contributed by atoms with Crippen LogP contribution < -0.4 is 11.1 Å². The highest BCUT2D eigenvalue weighted by atomic mass is 35.5. The van der Waals surface area contributed by atoms with Crippen LogP contribution in [0.2, 0.25) is 0 Å². The summed E-state index contributed by atoms with van der Waals surface area (Å²) >= 11 is 0. The van der Waals surface area contributed by atoms with E-state index in [1.807, 2.05) is 30.3 Å². The topological polar surface area (TPSA) is 55.1 Å². The van der Waals surface area contributed by atoms with Gasteiger partial charge in [0.1, 0.15) is 5.54 Å². The molecule has 1 aliphatic rings. The van der Waals surface area contributed by atoms with E-state index in [1.54, 1.807) is 6.92 Å². The third-order valence-corrected chi connectivity index (χ3v) is 4.16. The summed E-state index contributed by atoms with van der Waals surface area (Å²) < 4.78 is 0. The number of nitrogens with two attached hydrogens (primary N) is 1. The fourth-order valence-corrected chi connectivity index (χ4v) is 2.79. The van der Waals surface area contributed by atoms with Crippen LogP contribution in [0.15, 0.2) is 30.3 Å². The fraction of sp³-hybridized carbons (Fsp3) is 0.562. The van der Waals surface area contributed by atoms with Crippen LogP contribution in [0.3, 0.4) is 0 Å². The second kappa shape index (κ2) is 7.65. The summed E-state index contributed by atoms with van der Waals surface area (Å²) in [4.78, 5) is 12.2. The Hall–Kier alpha value is -1.06. The van der Waals surface area contributed by atoms with Crippen molar-refractivity contribution in [3.05, 3.63) is 35.9 Å². The number of rotatable bonds is 5. The van der Waals surface area contributed by atoms with Gasteiger partial charge in [-0.05, 0) is 24.8 Å². The van der Waals surface area contributed by atoms with Gasteiger partial charge in [0.25, 0.3) is 0 Å². The molecule has 0 spiro atoms. The van der Waals surface area contributed by atoms with Crippen molar-refractivity contribution >= 4 is 18.3 Å². The number of hydrogen-bond acceptors (Lipinski definition) is 2. The zero-order chi connectivity index (χ0) is 13.7. The summed E-state index contributed by atoms with van der Waals surface area (Å²) in [7, 11) is 0. The molecule has 2 rings (SSSR count). The first kappa shape index (κ1) is 17.0. The van der Waals surface area contributed by atoms with E-state index >= 15 is 0 Å². The first-order valence-corrected chi connectivity index (χ1v) is 7.23. The van der Waals surface area contributed by atoms with E-state index in [-0.39, 0.29) is 18.3 Å². The number of carbonyl (C=O) groups excluding carboxylic acids is 1.